The largest absolute Gasteiger partial charge is 0.299 e. The zero-order chi connectivity index (χ0) is 16.5. The average Bonchev–Trinajstić information content (AvgIpc) is 3.12. The minimum absolute atomic E-state index is 0.0314. The van der Waals surface area contributed by atoms with Gasteiger partial charge in [0.05, 0.1) is 4.08 Å². The molecule has 0 aromatic heterocycles. The van der Waals surface area contributed by atoms with Crippen molar-refractivity contribution in [3.63, 3.8) is 0 Å². The smallest absolute Gasteiger partial charge is 0.139 e. The van der Waals surface area contributed by atoms with Crippen LogP contribution in [0.1, 0.15) is 58.8 Å². The molecular weight excluding hydrogens is 332 g/mol. The number of allylic oxidation sites excluding steroid dienone is 1. The van der Waals surface area contributed by atoms with Crippen LogP contribution in [0, 0.1) is 35.0 Å². The fourth-order valence-electron chi connectivity index (χ4n) is 7.19. The van der Waals surface area contributed by atoms with Gasteiger partial charge in [-0.05, 0) is 68.1 Å². The van der Waals surface area contributed by atoms with Crippen LogP contribution in [0.25, 0.3) is 0 Å². The quantitative estimate of drug-likeness (QED) is 0.526. The Morgan fingerprint density at radius 3 is 2.71 bits per heavy atom. The molecule has 0 amide bonds. The Morgan fingerprint density at radius 1 is 1.12 bits per heavy atom. The number of hydrogen-bond acceptors (Lipinski definition) is 3. The number of hydrogen-bond donors (Lipinski definition) is 0. The Hall–Kier alpha value is 0.110. The first-order chi connectivity index (χ1) is 11.5. The second-order valence-electron chi connectivity index (χ2n) is 9.32. The molecule has 6 atom stereocenters. The third-order valence-electron chi connectivity index (χ3n) is 8.29. The summed E-state index contributed by atoms with van der Waals surface area (Å²) in [6.07, 6.45) is 11.4. The van der Waals surface area contributed by atoms with Gasteiger partial charge in [-0.25, -0.2) is 0 Å². The molecule has 1 nitrogen and oxygen atoms in total. The van der Waals surface area contributed by atoms with Crippen molar-refractivity contribution in [3.8, 4) is 0 Å². The second kappa shape index (κ2) is 5.55. The molecule has 0 bridgehead atoms. The Kier molecular flexibility index (Phi) is 3.77. The summed E-state index contributed by atoms with van der Waals surface area (Å²) in [5.74, 6) is 7.26. The SMILES string of the molecule is CC1CC2=CC3(CC[C@@H]2[C@H]2CC[C@]4(C)C(=O)CC[C@H]4[C@H]12)SCCS3. The number of rotatable bonds is 0. The van der Waals surface area contributed by atoms with Crippen molar-refractivity contribution >= 4 is 29.3 Å². The van der Waals surface area contributed by atoms with Crippen molar-refractivity contribution in [1.29, 1.82) is 0 Å². The minimum atomic E-state index is 0.0314. The number of Topliss-reactive ketones (excluding diaryl/α,β-unsaturated/α-hetero) is 1. The van der Waals surface area contributed by atoms with Gasteiger partial charge in [-0.2, -0.15) is 0 Å². The summed E-state index contributed by atoms with van der Waals surface area (Å²) in [5.41, 5.74) is 1.84. The fraction of sp³-hybridized carbons (Fsp3) is 0.857. The molecule has 3 heteroatoms. The standard InChI is InChI=1S/C21H30OS2/c1-13-11-14-12-21(23-9-10-24-21)8-6-15(14)16-5-7-20(2)17(19(13)16)3-4-18(20)22/h12-13,15-17,19H,3-11H2,1-2H3/t13?,15-,16+,17-,19+,20-/m0/s1. The third kappa shape index (κ3) is 2.19. The molecule has 0 aromatic rings. The van der Waals surface area contributed by atoms with Gasteiger partial charge in [-0.15, -0.1) is 23.5 Å². The van der Waals surface area contributed by atoms with E-state index in [1.807, 2.05) is 5.57 Å². The molecule has 0 radical (unpaired) electrons. The number of fused-ring (bicyclic) bond motifs is 5. The molecule has 1 unspecified atom stereocenters. The lowest BCUT2D eigenvalue weighted by Gasteiger charge is -2.55. The van der Waals surface area contributed by atoms with Crippen LogP contribution in [0.5, 0.6) is 0 Å². The Labute approximate surface area is 155 Å². The highest BCUT2D eigenvalue weighted by Crippen LogP contribution is 2.64. The summed E-state index contributed by atoms with van der Waals surface area (Å²) in [4.78, 5) is 12.5. The lowest BCUT2D eigenvalue weighted by molar-refractivity contribution is -0.132. The summed E-state index contributed by atoms with van der Waals surface area (Å²) in [5, 5.41) is 0. The van der Waals surface area contributed by atoms with E-state index in [1.165, 1.54) is 50.0 Å². The van der Waals surface area contributed by atoms with Crippen LogP contribution in [0.2, 0.25) is 0 Å². The highest BCUT2D eigenvalue weighted by Gasteiger charge is 2.58. The molecule has 132 valence electrons. The zero-order valence-electron chi connectivity index (χ0n) is 15.1. The lowest BCUT2D eigenvalue weighted by atomic mass is 9.50. The summed E-state index contributed by atoms with van der Waals surface area (Å²) >= 11 is 4.42. The first kappa shape index (κ1) is 16.3. The van der Waals surface area contributed by atoms with Crippen molar-refractivity contribution in [1.82, 2.24) is 0 Å². The Balaban J connectivity index is 1.47. The van der Waals surface area contributed by atoms with Crippen LogP contribution in [-0.4, -0.2) is 21.4 Å². The van der Waals surface area contributed by atoms with Gasteiger partial charge in [0.15, 0.2) is 0 Å². The van der Waals surface area contributed by atoms with E-state index in [9.17, 15) is 4.79 Å². The van der Waals surface area contributed by atoms with Gasteiger partial charge in [-0.3, -0.25) is 4.79 Å². The Bertz CT molecular complexity index is 591. The maximum Gasteiger partial charge on any atom is 0.139 e. The zero-order valence-corrected chi connectivity index (χ0v) is 16.7. The average molecular weight is 363 g/mol. The van der Waals surface area contributed by atoms with Crippen molar-refractivity contribution in [3.05, 3.63) is 11.6 Å². The van der Waals surface area contributed by atoms with E-state index in [0.717, 1.165) is 30.1 Å². The molecule has 3 saturated carbocycles. The van der Waals surface area contributed by atoms with Crippen LogP contribution < -0.4 is 0 Å². The maximum atomic E-state index is 12.5. The molecule has 4 aliphatic carbocycles. The van der Waals surface area contributed by atoms with Crippen molar-refractivity contribution in [2.24, 2.45) is 35.0 Å². The van der Waals surface area contributed by atoms with Gasteiger partial charge in [0, 0.05) is 23.3 Å². The highest BCUT2D eigenvalue weighted by molar-refractivity contribution is 8.21. The fourth-order valence-corrected chi connectivity index (χ4v) is 10.4. The number of ketones is 1. The highest BCUT2D eigenvalue weighted by atomic mass is 32.2. The van der Waals surface area contributed by atoms with E-state index in [0.29, 0.717) is 15.8 Å². The van der Waals surface area contributed by atoms with Gasteiger partial charge in [0.1, 0.15) is 5.78 Å². The Morgan fingerprint density at radius 2 is 1.92 bits per heavy atom. The van der Waals surface area contributed by atoms with Gasteiger partial charge in [0.25, 0.3) is 0 Å². The molecule has 1 aliphatic heterocycles. The van der Waals surface area contributed by atoms with Gasteiger partial charge in [0.2, 0.25) is 0 Å². The maximum absolute atomic E-state index is 12.5. The number of carbonyl (C=O) groups is 1. The molecule has 5 aliphatic rings. The minimum Gasteiger partial charge on any atom is -0.299 e. The first-order valence-electron chi connectivity index (χ1n) is 10.1. The number of thioether (sulfide) groups is 2. The van der Waals surface area contributed by atoms with Crippen LogP contribution in [0.3, 0.4) is 0 Å². The van der Waals surface area contributed by atoms with E-state index >= 15 is 0 Å². The van der Waals surface area contributed by atoms with E-state index in [-0.39, 0.29) is 5.41 Å². The molecular formula is C21H30OS2. The molecule has 0 N–H and O–H groups in total. The summed E-state index contributed by atoms with van der Waals surface area (Å²) in [6.45, 7) is 4.81. The van der Waals surface area contributed by atoms with Gasteiger partial charge in [-0.1, -0.05) is 25.5 Å². The van der Waals surface area contributed by atoms with E-state index in [1.54, 1.807) is 0 Å². The molecule has 0 aromatic carbocycles. The third-order valence-corrected chi connectivity index (χ3v) is 11.7. The first-order valence-corrected chi connectivity index (χ1v) is 12.0. The van der Waals surface area contributed by atoms with E-state index in [2.05, 4.69) is 43.4 Å². The monoisotopic (exact) mass is 362 g/mol. The predicted octanol–water partition coefficient (Wildman–Crippen LogP) is 5.55. The van der Waals surface area contributed by atoms with E-state index < -0.39 is 0 Å². The predicted molar refractivity (Wildman–Crippen MR) is 104 cm³/mol. The normalized spacial score (nSPS) is 49.5. The lowest BCUT2D eigenvalue weighted by Crippen LogP contribution is -2.49. The van der Waals surface area contributed by atoms with Crippen molar-refractivity contribution in [2.75, 3.05) is 11.5 Å². The van der Waals surface area contributed by atoms with Crippen molar-refractivity contribution in [2.45, 2.75) is 62.9 Å². The number of carbonyl (C=O) groups excluding carboxylic acids is 1. The molecule has 5 rings (SSSR count). The van der Waals surface area contributed by atoms with Crippen LogP contribution in [0.4, 0.5) is 0 Å². The molecule has 24 heavy (non-hydrogen) atoms. The summed E-state index contributed by atoms with van der Waals surface area (Å²) < 4.78 is 0.435. The summed E-state index contributed by atoms with van der Waals surface area (Å²) in [6, 6.07) is 0. The van der Waals surface area contributed by atoms with Crippen LogP contribution in [-0.2, 0) is 4.79 Å². The molecule has 4 fully saturated rings. The van der Waals surface area contributed by atoms with E-state index in [4.69, 9.17) is 0 Å². The molecule has 1 saturated heterocycles. The molecule has 1 heterocycles. The topological polar surface area (TPSA) is 17.1 Å². The summed E-state index contributed by atoms with van der Waals surface area (Å²) in [7, 11) is 0. The van der Waals surface area contributed by atoms with Gasteiger partial charge >= 0.3 is 0 Å². The molecule has 1 spiro atoms. The van der Waals surface area contributed by atoms with Crippen LogP contribution in [0.15, 0.2) is 11.6 Å². The van der Waals surface area contributed by atoms with Crippen LogP contribution >= 0.6 is 23.5 Å². The van der Waals surface area contributed by atoms with Gasteiger partial charge < -0.3 is 0 Å². The van der Waals surface area contributed by atoms with Crippen molar-refractivity contribution < 1.29 is 4.79 Å². The second-order valence-corrected chi connectivity index (χ2v) is 12.4.